The SMILES string of the molecule is CN(C(=O)C1CCC1)C1CCN(c2cccnc2C#N)CC1. The van der Waals surface area contributed by atoms with Gasteiger partial charge in [0, 0.05) is 38.3 Å². The van der Waals surface area contributed by atoms with Crippen molar-refractivity contribution in [2.24, 2.45) is 5.92 Å². The molecule has 2 fully saturated rings. The molecule has 2 aliphatic rings. The lowest BCUT2D eigenvalue weighted by atomic mass is 9.84. The molecule has 116 valence electrons. The molecule has 5 nitrogen and oxygen atoms in total. The van der Waals surface area contributed by atoms with Gasteiger partial charge in [-0.25, -0.2) is 4.98 Å². The Labute approximate surface area is 131 Å². The van der Waals surface area contributed by atoms with E-state index in [0.717, 1.165) is 44.5 Å². The average Bonchev–Trinajstić information content (AvgIpc) is 2.52. The molecule has 1 aliphatic heterocycles. The van der Waals surface area contributed by atoms with E-state index >= 15 is 0 Å². The van der Waals surface area contributed by atoms with Crippen LogP contribution in [-0.2, 0) is 4.79 Å². The molecule has 1 saturated heterocycles. The Balaban J connectivity index is 1.60. The second-order valence-electron chi connectivity index (χ2n) is 6.28. The monoisotopic (exact) mass is 298 g/mol. The maximum atomic E-state index is 12.3. The smallest absolute Gasteiger partial charge is 0.225 e. The van der Waals surface area contributed by atoms with Gasteiger partial charge < -0.3 is 9.80 Å². The van der Waals surface area contributed by atoms with E-state index in [1.165, 1.54) is 6.42 Å². The average molecular weight is 298 g/mol. The Bertz CT molecular complexity index is 583. The third-order valence-corrected chi connectivity index (χ3v) is 5.05. The second-order valence-corrected chi connectivity index (χ2v) is 6.28. The quantitative estimate of drug-likeness (QED) is 0.858. The topological polar surface area (TPSA) is 60.2 Å². The number of carbonyl (C=O) groups is 1. The van der Waals surface area contributed by atoms with Crippen molar-refractivity contribution in [2.75, 3.05) is 25.0 Å². The minimum Gasteiger partial charge on any atom is -0.369 e. The van der Waals surface area contributed by atoms with E-state index in [0.29, 0.717) is 17.6 Å². The summed E-state index contributed by atoms with van der Waals surface area (Å²) in [5.41, 5.74) is 1.40. The van der Waals surface area contributed by atoms with Crippen molar-refractivity contribution in [1.82, 2.24) is 9.88 Å². The van der Waals surface area contributed by atoms with Crippen molar-refractivity contribution >= 4 is 11.6 Å². The number of nitriles is 1. The first-order chi connectivity index (χ1) is 10.7. The maximum Gasteiger partial charge on any atom is 0.225 e. The molecule has 0 aromatic carbocycles. The normalized spacial score (nSPS) is 19.4. The zero-order valence-corrected chi connectivity index (χ0v) is 13.0. The summed E-state index contributed by atoms with van der Waals surface area (Å²) in [5, 5.41) is 9.16. The van der Waals surface area contributed by atoms with Crippen LogP contribution in [-0.4, -0.2) is 42.0 Å². The number of pyridine rings is 1. The molecule has 1 aromatic rings. The van der Waals surface area contributed by atoms with Gasteiger partial charge in [-0.05, 0) is 37.8 Å². The van der Waals surface area contributed by atoms with E-state index < -0.39 is 0 Å². The largest absolute Gasteiger partial charge is 0.369 e. The summed E-state index contributed by atoms with van der Waals surface area (Å²) < 4.78 is 0. The Kier molecular flexibility index (Phi) is 4.28. The molecule has 2 heterocycles. The van der Waals surface area contributed by atoms with Gasteiger partial charge in [-0.3, -0.25) is 4.79 Å². The molecule has 1 amide bonds. The predicted molar refractivity (Wildman–Crippen MR) is 84.3 cm³/mol. The molecule has 3 rings (SSSR count). The van der Waals surface area contributed by atoms with Gasteiger partial charge in [0.25, 0.3) is 0 Å². The molecule has 0 bridgehead atoms. The fraction of sp³-hybridized carbons (Fsp3) is 0.588. The summed E-state index contributed by atoms with van der Waals surface area (Å²) in [6, 6.07) is 6.31. The van der Waals surface area contributed by atoms with Gasteiger partial charge in [0.2, 0.25) is 5.91 Å². The van der Waals surface area contributed by atoms with E-state index in [-0.39, 0.29) is 5.92 Å². The van der Waals surface area contributed by atoms with Crippen molar-refractivity contribution in [3.63, 3.8) is 0 Å². The van der Waals surface area contributed by atoms with Crippen LogP contribution in [0, 0.1) is 17.2 Å². The number of carbonyl (C=O) groups excluding carboxylic acids is 1. The fourth-order valence-electron chi connectivity index (χ4n) is 3.36. The first-order valence-electron chi connectivity index (χ1n) is 8.07. The number of aromatic nitrogens is 1. The van der Waals surface area contributed by atoms with Crippen molar-refractivity contribution in [1.29, 1.82) is 5.26 Å². The predicted octanol–water partition coefficient (Wildman–Crippen LogP) is 2.18. The fourth-order valence-corrected chi connectivity index (χ4v) is 3.36. The van der Waals surface area contributed by atoms with Crippen LogP contribution in [0.5, 0.6) is 0 Å². The molecular formula is C17H22N4O. The second kappa shape index (κ2) is 6.35. The number of amides is 1. The summed E-state index contributed by atoms with van der Waals surface area (Å²) in [4.78, 5) is 20.6. The number of anilines is 1. The molecule has 22 heavy (non-hydrogen) atoms. The highest BCUT2D eigenvalue weighted by atomic mass is 16.2. The molecule has 1 saturated carbocycles. The summed E-state index contributed by atoms with van der Waals surface area (Å²) in [5.74, 6) is 0.593. The van der Waals surface area contributed by atoms with Crippen LogP contribution < -0.4 is 4.90 Å². The highest BCUT2D eigenvalue weighted by molar-refractivity contribution is 5.79. The van der Waals surface area contributed by atoms with Crippen LogP contribution in [0.25, 0.3) is 0 Å². The van der Waals surface area contributed by atoms with Gasteiger partial charge in [-0.2, -0.15) is 5.26 Å². The minimum absolute atomic E-state index is 0.270. The van der Waals surface area contributed by atoms with Gasteiger partial charge >= 0.3 is 0 Å². The van der Waals surface area contributed by atoms with Gasteiger partial charge in [-0.1, -0.05) is 6.42 Å². The molecule has 5 heteroatoms. The van der Waals surface area contributed by atoms with Gasteiger partial charge in [-0.15, -0.1) is 0 Å². The van der Waals surface area contributed by atoms with E-state index in [9.17, 15) is 4.79 Å². The van der Waals surface area contributed by atoms with Crippen LogP contribution >= 0.6 is 0 Å². The first-order valence-corrected chi connectivity index (χ1v) is 8.07. The molecular weight excluding hydrogens is 276 g/mol. The maximum absolute atomic E-state index is 12.3. The zero-order valence-electron chi connectivity index (χ0n) is 13.0. The van der Waals surface area contributed by atoms with E-state index in [1.807, 2.05) is 24.1 Å². The number of rotatable bonds is 3. The summed E-state index contributed by atoms with van der Waals surface area (Å²) in [6.45, 7) is 1.74. The van der Waals surface area contributed by atoms with Crippen molar-refractivity contribution < 1.29 is 4.79 Å². The Morgan fingerprint density at radius 3 is 2.68 bits per heavy atom. The molecule has 1 aromatic heterocycles. The summed E-state index contributed by atoms with van der Waals surface area (Å²) in [7, 11) is 1.95. The Morgan fingerprint density at radius 1 is 1.36 bits per heavy atom. The molecule has 0 radical (unpaired) electrons. The number of nitrogens with zero attached hydrogens (tertiary/aromatic N) is 4. The Morgan fingerprint density at radius 2 is 2.09 bits per heavy atom. The molecule has 0 atom stereocenters. The van der Waals surface area contributed by atoms with Crippen LogP contribution in [0.2, 0.25) is 0 Å². The van der Waals surface area contributed by atoms with Gasteiger partial charge in [0.1, 0.15) is 6.07 Å². The van der Waals surface area contributed by atoms with Crippen LogP contribution in [0.1, 0.15) is 37.8 Å². The number of hydrogen-bond donors (Lipinski definition) is 0. The van der Waals surface area contributed by atoms with E-state index in [4.69, 9.17) is 5.26 Å². The van der Waals surface area contributed by atoms with Crippen molar-refractivity contribution in [3.8, 4) is 6.07 Å². The lowest BCUT2D eigenvalue weighted by Gasteiger charge is -2.40. The highest BCUT2D eigenvalue weighted by Gasteiger charge is 2.32. The van der Waals surface area contributed by atoms with E-state index in [2.05, 4.69) is 16.0 Å². The minimum atomic E-state index is 0.270. The Hall–Kier alpha value is -2.09. The van der Waals surface area contributed by atoms with Crippen LogP contribution in [0.15, 0.2) is 18.3 Å². The van der Waals surface area contributed by atoms with Crippen molar-refractivity contribution in [3.05, 3.63) is 24.0 Å². The third-order valence-electron chi connectivity index (χ3n) is 5.05. The van der Waals surface area contributed by atoms with E-state index in [1.54, 1.807) is 6.20 Å². The highest BCUT2D eigenvalue weighted by Crippen LogP contribution is 2.30. The van der Waals surface area contributed by atoms with Crippen molar-refractivity contribution in [2.45, 2.75) is 38.1 Å². The van der Waals surface area contributed by atoms with Crippen LogP contribution in [0.4, 0.5) is 5.69 Å². The third kappa shape index (κ3) is 2.78. The molecule has 0 spiro atoms. The summed E-state index contributed by atoms with van der Waals surface area (Å²) in [6.07, 6.45) is 6.87. The standard InChI is InChI=1S/C17H22N4O/c1-20(17(22)13-4-2-5-13)14-7-10-21(11-8-14)16-6-3-9-19-15(16)12-18/h3,6,9,13-14H,2,4-5,7-8,10-11H2,1H3. The molecule has 1 aliphatic carbocycles. The number of hydrogen-bond acceptors (Lipinski definition) is 4. The lowest BCUT2D eigenvalue weighted by molar-refractivity contribution is -0.139. The molecule has 0 unspecified atom stereocenters. The lowest BCUT2D eigenvalue weighted by Crippen LogP contribution is -2.48. The number of piperidine rings is 1. The first kappa shape index (κ1) is 14.8. The van der Waals surface area contributed by atoms with Crippen LogP contribution in [0.3, 0.4) is 0 Å². The van der Waals surface area contributed by atoms with Gasteiger partial charge in [0.05, 0.1) is 5.69 Å². The van der Waals surface area contributed by atoms with Gasteiger partial charge in [0.15, 0.2) is 5.69 Å². The molecule has 0 N–H and O–H groups in total. The summed E-state index contributed by atoms with van der Waals surface area (Å²) >= 11 is 0. The zero-order chi connectivity index (χ0) is 15.5.